The standard InChI is InChI=1S/C7H11NOS/c1-3-7(2,9)6-8-4-5-10-6/h1,6,8-9H,4-5H2,2H3. The molecule has 0 aliphatic carbocycles. The van der Waals surface area contributed by atoms with Gasteiger partial charge in [-0.2, -0.15) is 0 Å². The molecule has 0 saturated carbocycles. The quantitative estimate of drug-likeness (QED) is 0.527. The Kier molecular flexibility index (Phi) is 2.24. The van der Waals surface area contributed by atoms with Crippen molar-refractivity contribution in [3.8, 4) is 12.3 Å². The highest BCUT2D eigenvalue weighted by atomic mass is 32.2. The van der Waals surface area contributed by atoms with Gasteiger partial charge in [0.05, 0.1) is 5.37 Å². The average molecular weight is 157 g/mol. The Morgan fingerprint density at radius 3 is 3.00 bits per heavy atom. The molecule has 2 unspecified atom stereocenters. The number of terminal acetylenes is 1. The molecule has 1 saturated heterocycles. The summed E-state index contributed by atoms with van der Waals surface area (Å²) in [5.74, 6) is 3.39. The summed E-state index contributed by atoms with van der Waals surface area (Å²) < 4.78 is 0. The van der Waals surface area contributed by atoms with Crippen LogP contribution in [0.5, 0.6) is 0 Å². The van der Waals surface area contributed by atoms with Crippen LogP contribution in [0.2, 0.25) is 0 Å². The van der Waals surface area contributed by atoms with Gasteiger partial charge in [-0.25, -0.2) is 0 Å². The topological polar surface area (TPSA) is 32.3 Å². The Balaban J connectivity index is 2.56. The fraction of sp³-hybridized carbons (Fsp3) is 0.714. The normalized spacial score (nSPS) is 31.1. The van der Waals surface area contributed by atoms with Crippen LogP contribution in [-0.2, 0) is 0 Å². The van der Waals surface area contributed by atoms with E-state index in [4.69, 9.17) is 6.42 Å². The number of nitrogens with one attached hydrogen (secondary N) is 1. The van der Waals surface area contributed by atoms with Crippen molar-refractivity contribution in [2.75, 3.05) is 12.3 Å². The van der Waals surface area contributed by atoms with Crippen LogP contribution >= 0.6 is 11.8 Å². The molecule has 10 heavy (non-hydrogen) atoms. The SMILES string of the molecule is C#CC(C)(O)C1NCCS1. The van der Waals surface area contributed by atoms with E-state index in [1.807, 2.05) is 0 Å². The second kappa shape index (κ2) is 2.83. The van der Waals surface area contributed by atoms with Gasteiger partial charge in [-0.05, 0) is 6.92 Å². The summed E-state index contributed by atoms with van der Waals surface area (Å²) in [7, 11) is 0. The van der Waals surface area contributed by atoms with Crippen LogP contribution in [0.1, 0.15) is 6.92 Å². The lowest BCUT2D eigenvalue weighted by molar-refractivity contribution is 0.112. The van der Waals surface area contributed by atoms with Crippen molar-refractivity contribution >= 4 is 11.8 Å². The largest absolute Gasteiger partial charge is 0.375 e. The lowest BCUT2D eigenvalue weighted by Crippen LogP contribution is -2.42. The van der Waals surface area contributed by atoms with Crippen LogP contribution in [0.4, 0.5) is 0 Å². The molecule has 0 aromatic rings. The molecular formula is C7H11NOS. The predicted molar refractivity (Wildman–Crippen MR) is 43.7 cm³/mol. The van der Waals surface area contributed by atoms with Crippen molar-refractivity contribution in [2.24, 2.45) is 0 Å². The molecule has 3 heteroatoms. The van der Waals surface area contributed by atoms with E-state index in [0.717, 1.165) is 12.3 Å². The molecular weight excluding hydrogens is 146 g/mol. The Labute approximate surface area is 65.4 Å². The maximum atomic E-state index is 9.50. The van der Waals surface area contributed by atoms with Crippen molar-refractivity contribution in [1.82, 2.24) is 5.32 Å². The van der Waals surface area contributed by atoms with Gasteiger partial charge in [-0.3, -0.25) is 0 Å². The zero-order valence-electron chi connectivity index (χ0n) is 5.92. The molecule has 2 N–H and O–H groups in total. The third-order valence-electron chi connectivity index (χ3n) is 1.52. The molecule has 1 aliphatic heterocycles. The molecule has 0 aromatic carbocycles. The molecule has 2 nitrogen and oxygen atoms in total. The molecule has 0 radical (unpaired) electrons. The van der Waals surface area contributed by atoms with Crippen LogP contribution in [0.3, 0.4) is 0 Å². The third-order valence-corrected chi connectivity index (χ3v) is 2.92. The maximum absolute atomic E-state index is 9.50. The van der Waals surface area contributed by atoms with Gasteiger partial charge in [0, 0.05) is 12.3 Å². The summed E-state index contributed by atoms with van der Waals surface area (Å²) in [6.45, 7) is 2.59. The minimum atomic E-state index is -0.999. The van der Waals surface area contributed by atoms with Gasteiger partial charge in [-0.15, -0.1) is 18.2 Å². The average Bonchev–Trinajstić information content (AvgIpc) is 2.38. The monoisotopic (exact) mass is 157 g/mol. The van der Waals surface area contributed by atoms with Crippen LogP contribution in [-0.4, -0.2) is 28.4 Å². The smallest absolute Gasteiger partial charge is 0.146 e. The van der Waals surface area contributed by atoms with Gasteiger partial charge >= 0.3 is 0 Å². The Morgan fingerprint density at radius 2 is 2.60 bits per heavy atom. The molecule has 0 amide bonds. The summed E-state index contributed by atoms with van der Waals surface area (Å²) >= 11 is 1.67. The molecule has 56 valence electrons. The van der Waals surface area contributed by atoms with Crippen molar-refractivity contribution in [1.29, 1.82) is 0 Å². The zero-order valence-corrected chi connectivity index (χ0v) is 6.74. The van der Waals surface area contributed by atoms with Crippen molar-refractivity contribution in [3.05, 3.63) is 0 Å². The van der Waals surface area contributed by atoms with E-state index in [9.17, 15) is 5.11 Å². The van der Waals surface area contributed by atoms with E-state index >= 15 is 0 Å². The second-order valence-corrected chi connectivity index (χ2v) is 3.71. The van der Waals surface area contributed by atoms with E-state index in [1.54, 1.807) is 18.7 Å². The number of rotatable bonds is 1. The Morgan fingerprint density at radius 1 is 1.90 bits per heavy atom. The first kappa shape index (κ1) is 7.93. The van der Waals surface area contributed by atoms with Crippen LogP contribution in [0, 0.1) is 12.3 Å². The molecule has 1 heterocycles. The van der Waals surface area contributed by atoms with E-state index in [1.165, 1.54) is 0 Å². The zero-order chi connectivity index (χ0) is 7.61. The van der Waals surface area contributed by atoms with Crippen LogP contribution in [0.15, 0.2) is 0 Å². The predicted octanol–water partition coefficient (Wildman–Crippen LogP) is 0.0331. The number of aliphatic hydroxyl groups is 1. The maximum Gasteiger partial charge on any atom is 0.146 e. The van der Waals surface area contributed by atoms with Gasteiger partial charge < -0.3 is 10.4 Å². The molecule has 0 spiro atoms. The minimum absolute atomic E-state index is 0.0116. The molecule has 0 bridgehead atoms. The Hall–Kier alpha value is -0.170. The molecule has 1 rings (SSSR count). The van der Waals surface area contributed by atoms with Gasteiger partial charge in [-0.1, -0.05) is 5.92 Å². The highest BCUT2D eigenvalue weighted by Gasteiger charge is 2.32. The minimum Gasteiger partial charge on any atom is -0.375 e. The van der Waals surface area contributed by atoms with Crippen molar-refractivity contribution < 1.29 is 5.11 Å². The fourth-order valence-electron chi connectivity index (χ4n) is 0.862. The van der Waals surface area contributed by atoms with E-state index in [0.29, 0.717) is 0 Å². The summed E-state index contributed by atoms with van der Waals surface area (Å²) in [4.78, 5) is 0. The number of hydrogen-bond acceptors (Lipinski definition) is 3. The molecule has 0 aromatic heterocycles. The van der Waals surface area contributed by atoms with Gasteiger partial charge in [0.1, 0.15) is 5.60 Å². The molecule has 1 aliphatic rings. The van der Waals surface area contributed by atoms with E-state index < -0.39 is 5.60 Å². The molecule has 2 atom stereocenters. The number of hydrogen-bond donors (Lipinski definition) is 2. The summed E-state index contributed by atoms with van der Waals surface area (Å²) in [6.07, 6.45) is 5.13. The number of thioether (sulfide) groups is 1. The first-order chi connectivity index (χ1) is 4.67. The lowest BCUT2D eigenvalue weighted by atomic mass is 10.1. The van der Waals surface area contributed by atoms with Gasteiger partial charge in [0.25, 0.3) is 0 Å². The highest BCUT2D eigenvalue weighted by molar-refractivity contribution is 8.00. The summed E-state index contributed by atoms with van der Waals surface area (Å²) in [6, 6.07) is 0. The Bertz CT molecular complexity index is 155. The highest BCUT2D eigenvalue weighted by Crippen LogP contribution is 2.23. The van der Waals surface area contributed by atoms with E-state index in [2.05, 4.69) is 11.2 Å². The second-order valence-electron chi connectivity index (χ2n) is 2.50. The first-order valence-electron chi connectivity index (χ1n) is 3.22. The summed E-state index contributed by atoms with van der Waals surface area (Å²) in [5, 5.41) is 12.6. The van der Waals surface area contributed by atoms with Crippen molar-refractivity contribution in [3.63, 3.8) is 0 Å². The van der Waals surface area contributed by atoms with Gasteiger partial charge in [0.2, 0.25) is 0 Å². The van der Waals surface area contributed by atoms with E-state index in [-0.39, 0.29) is 5.37 Å². The first-order valence-corrected chi connectivity index (χ1v) is 4.27. The summed E-state index contributed by atoms with van der Waals surface area (Å²) in [5.41, 5.74) is -0.999. The third kappa shape index (κ3) is 1.46. The van der Waals surface area contributed by atoms with Crippen molar-refractivity contribution in [2.45, 2.75) is 17.9 Å². The van der Waals surface area contributed by atoms with Crippen LogP contribution in [0.25, 0.3) is 0 Å². The fourth-order valence-corrected chi connectivity index (χ4v) is 1.96. The molecule has 1 fully saturated rings. The lowest BCUT2D eigenvalue weighted by Gasteiger charge is -2.23. The van der Waals surface area contributed by atoms with Crippen LogP contribution < -0.4 is 5.32 Å². The van der Waals surface area contributed by atoms with Gasteiger partial charge in [0.15, 0.2) is 0 Å².